The van der Waals surface area contributed by atoms with E-state index in [-0.39, 0.29) is 30.1 Å². The van der Waals surface area contributed by atoms with Gasteiger partial charge in [-0.05, 0) is 32.2 Å². The molecule has 1 unspecified atom stereocenters. The highest BCUT2D eigenvalue weighted by Crippen LogP contribution is 2.11. The second-order valence-corrected chi connectivity index (χ2v) is 5.53. The Morgan fingerprint density at radius 2 is 2.20 bits per heavy atom. The van der Waals surface area contributed by atoms with Crippen molar-refractivity contribution >= 4 is 24.2 Å². The number of halogens is 1. The van der Waals surface area contributed by atoms with Crippen molar-refractivity contribution in [3.05, 3.63) is 0 Å². The first-order valence-electron chi connectivity index (χ1n) is 7.53. The molecule has 2 rings (SSSR count). The van der Waals surface area contributed by atoms with E-state index in [0.29, 0.717) is 13.0 Å². The SMILES string of the molecule is Cl.O=C(NCCCN1CCCCCC1=O)C1CCNC1. The Hall–Kier alpha value is -0.810. The number of carbonyl (C=O) groups is 2. The molecule has 0 aromatic heterocycles. The van der Waals surface area contributed by atoms with Gasteiger partial charge in [0.15, 0.2) is 0 Å². The van der Waals surface area contributed by atoms with Crippen LogP contribution in [-0.4, -0.2) is 49.4 Å². The monoisotopic (exact) mass is 303 g/mol. The van der Waals surface area contributed by atoms with Crippen LogP contribution >= 0.6 is 12.4 Å². The minimum atomic E-state index is 0. The van der Waals surface area contributed by atoms with Crippen LogP contribution < -0.4 is 10.6 Å². The van der Waals surface area contributed by atoms with Crippen molar-refractivity contribution < 1.29 is 9.59 Å². The Bertz CT molecular complexity index is 320. The van der Waals surface area contributed by atoms with Gasteiger partial charge < -0.3 is 15.5 Å². The summed E-state index contributed by atoms with van der Waals surface area (Å²) in [6.45, 7) is 4.09. The minimum absolute atomic E-state index is 0. The number of carbonyl (C=O) groups excluding carboxylic acids is 2. The molecule has 0 spiro atoms. The van der Waals surface area contributed by atoms with Crippen molar-refractivity contribution in [2.45, 2.75) is 38.5 Å². The zero-order valence-corrected chi connectivity index (χ0v) is 12.8. The zero-order valence-electron chi connectivity index (χ0n) is 12.0. The van der Waals surface area contributed by atoms with E-state index in [1.807, 2.05) is 4.90 Å². The highest BCUT2D eigenvalue weighted by molar-refractivity contribution is 5.85. The molecule has 0 bridgehead atoms. The summed E-state index contributed by atoms with van der Waals surface area (Å²) in [6, 6.07) is 0. The van der Waals surface area contributed by atoms with Gasteiger partial charge in [-0.25, -0.2) is 0 Å². The summed E-state index contributed by atoms with van der Waals surface area (Å²) < 4.78 is 0. The van der Waals surface area contributed by atoms with Crippen molar-refractivity contribution in [1.82, 2.24) is 15.5 Å². The first-order valence-corrected chi connectivity index (χ1v) is 7.53. The van der Waals surface area contributed by atoms with Crippen molar-refractivity contribution in [3.8, 4) is 0 Å². The number of likely N-dealkylation sites (tertiary alicyclic amines) is 1. The lowest BCUT2D eigenvalue weighted by molar-refractivity contribution is -0.130. The fourth-order valence-corrected chi connectivity index (χ4v) is 2.78. The van der Waals surface area contributed by atoms with Gasteiger partial charge in [-0.15, -0.1) is 12.4 Å². The maximum atomic E-state index is 11.8. The molecular formula is C14H26ClN3O2. The topological polar surface area (TPSA) is 61.4 Å². The minimum Gasteiger partial charge on any atom is -0.356 e. The van der Waals surface area contributed by atoms with Crippen LogP contribution in [0.15, 0.2) is 0 Å². The number of nitrogens with zero attached hydrogens (tertiary/aromatic N) is 1. The molecule has 0 aliphatic carbocycles. The van der Waals surface area contributed by atoms with Gasteiger partial charge in [-0.1, -0.05) is 6.42 Å². The molecule has 0 aromatic carbocycles. The molecule has 2 heterocycles. The lowest BCUT2D eigenvalue weighted by atomic mass is 10.1. The molecule has 2 aliphatic rings. The molecule has 2 N–H and O–H groups in total. The molecule has 116 valence electrons. The standard InChI is InChI=1S/C14H25N3O2.ClH/c18-13-5-2-1-3-9-17(13)10-4-7-16-14(19)12-6-8-15-11-12;/h12,15H,1-11H2,(H,16,19);1H. The molecule has 20 heavy (non-hydrogen) atoms. The van der Waals surface area contributed by atoms with E-state index in [1.165, 1.54) is 0 Å². The molecule has 1 atom stereocenters. The Balaban J connectivity index is 0.00000200. The van der Waals surface area contributed by atoms with Crippen molar-refractivity contribution in [2.24, 2.45) is 5.92 Å². The van der Waals surface area contributed by atoms with Gasteiger partial charge in [0.05, 0.1) is 5.92 Å². The third-order valence-corrected chi connectivity index (χ3v) is 4.01. The lowest BCUT2D eigenvalue weighted by Crippen LogP contribution is -2.36. The summed E-state index contributed by atoms with van der Waals surface area (Å²) >= 11 is 0. The van der Waals surface area contributed by atoms with E-state index in [2.05, 4.69) is 10.6 Å². The van der Waals surface area contributed by atoms with E-state index in [9.17, 15) is 9.59 Å². The quantitative estimate of drug-likeness (QED) is 0.743. The molecule has 6 heteroatoms. The van der Waals surface area contributed by atoms with Crippen LogP contribution in [0.4, 0.5) is 0 Å². The van der Waals surface area contributed by atoms with Gasteiger partial charge in [-0.3, -0.25) is 9.59 Å². The highest BCUT2D eigenvalue weighted by atomic mass is 35.5. The van der Waals surface area contributed by atoms with Crippen LogP contribution in [0.5, 0.6) is 0 Å². The predicted octanol–water partition coefficient (Wildman–Crippen LogP) is 0.927. The molecule has 2 aliphatic heterocycles. The van der Waals surface area contributed by atoms with E-state index in [0.717, 1.165) is 58.3 Å². The Morgan fingerprint density at radius 1 is 1.35 bits per heavy atom. The van der Waals surface area contributed by atoms with Crippen LogP contribution in [0.25, 0.3) is 0 Å². The zero-order chi connectivity index (χ0) is 13.5. The Morgan fingerprint density at radius 3 is 2.95 bits per heavy atom. The fourth-order valence-electron chi connectivity index (χ4n) is 2.78. The van der Waals surface area contributed by atoms with Crippen LogP contribution in [-0.2, 0) is 9.59 Å². The van der Waals surface area contributed by atoms with Crippen LogP contribution in [0.2, 0.25) is 0 Å². The second-order valence-electron chi connectivity index (χ2n) is 5.53. The predicted molar refractivity (Wildman–Crippen MR) is 80.9 cm³/mol. The maximum Gasteiger partial charge on any atom is 0.224 e. The van der Waals surface area contributed by atoms with E-state index < -0.39 is 0 Å². The lowest BCUT2D eigenvalue weighted by Gasteiger charge is -2.20. The van der Waals surface area contributed by atoms with Crippen molar-refractivity contribution in [2.75, 3.05) is 32.7 Å². The summed E-state index contributed by atoms with van der Waals surface area (Å²) in [5, 5.41) is 6.17. The largest absolute Gasteiger partial charge is 0.356 e. The third-order valence-electron chi connectivity index (χ3n) is 4.01. The summed E-state index contributed by atoms with van der Waals surface area (Å²) in [5.41, 5.74) is 0. The molecular weight excluding hydrogens is 278 g/mol. The normalized spacial score (nSPS) is 23.1. The average molecular weight is 304 g/mol. The van der Waals surface area contributed by atoms with Crippen LogP contribution in [0, 0.1) is 5.92 Å². The molecule has 0 radical (unpaired) electrons. The van der Waals surface area contributed by atoms with Gasteiger partial charge in [0.25, 0.3) is 0 Å². The Kier molecular flexibility index (Phi) is 7.92. The Labute approximate surface area is 127 Å². The van der Waals surface area contributed by atoms with Gasteiger partial charge in [0.1, 0.15) is 0 Å². The molecule has 0 saturated carbocycles. The molecule has 5 nitrogen and oxygen atoms in total. The van der Waals surface area contributed by atoms with Gasteiger partial charge in [0.2, 0.25) is 11.8 Å². The van der Waals surface area contributed by atoms with Crippen LogP contribution in [0.1, 0.15) is 38.5 Å². The van der Waals surface area contributed by atoms with Crippen molar-refractivity contribution in [1.29, 1.82) is 0 Å². The number of rotatable bonds is 5. The summed E-state index contributed by atoms with van der Waals surface area (Å²) in [7, 11) is 0. The van der Waals surface area contributed by atoms with Gasteiger partial charge in [0, 0.05) is 32.6 Å². The van der Waals surface area contributed by atoms with E-state index in [4.69, 9.17) is 0 Å². The first kappa shape index (κ1) is 17.2. The summed E-state index contributed by atoms with van der Waals surface area (Å²) in [6.07, 6.45) is 5.80. The van der Waals surface area contributed by atoms with Gasteiger partial charge >= 0.3 is 0 Å². The summed E-state index contributed by atoms with van der Waals surface area (Å²) in [4.78, 5) is 25.5. The average Bonchev–Trinajstić information content (AvgIpc) is 2.87. The van der Waals surface area contributed by atoms with Gasteiger partial charge in [-0.2, -0.15) is 0 Å². The molecule has 2 amide bonds. The second kappa shape index (κ2) is 9.19. The summed E-state index contributed by atoms with van der Waals surface area (Å²) in [5.74, 6) is 0.579. The fraction of sp³-hybridized carbons (Fsp3) is 0.857. The molecule has 2 fully saturated rings. The van der Waals surface area contributed by atoms with Crippen molar-refractivity contribution in [3.63, 3.8) is 0 Å². The highest BCUT2D eigenvalue weighted by Gasteiger charge is 2.22. The van der Waals surface area contributed by atoms with E-state index in [1.54, 1.807) is 0 Å². The third kappa shape index (κ3) is 5.29. The maximum absolute atomic E-state index is 11.8. The van der Waals surface area contributed by atoms with E-state index >= 15 is 0 Å². The molecule has 0 aromatic rings. The first-order chi connectivity index (χ1) is 9.27. The smallest absolute Gasteiger partial charge is 0.224 e. The molecule has 2 saturated heterocycles. The number of amides is 2. The number of nitrogens with one attached hydrogen (secondary N) is 2. The number of hydrogen-bond acceptors (Lipinski definition) is 3. The van der Waals surface area contributed by atoms with Crippen LogP contribution in [0.3, 0.4) is 0 Å². The number of hydrogen-bond donors (Lipinski definition) is 2.